The van der Waals surface area contributed by atoms with E-state index in [0.29, 0.717) is 21.7 Å². The maximum Gasteiger partial charge on any atom is 0.293 e. The van der Waals surface area contributed by atoms with Gasteiger partial charge in [0.05, 0.1) is 27.3 Å². The lowest BCUT2D eigenvalue weighted by Gasteiger charge is -2.16. The number of fused-ring (bicyclic) bond motifs is 1. The van der Waals surface area contributed by atoms with E-state index >= 15 is 0 Å². The Labute approximate surface area is 206 Å². The number of nitrogens with one attached hydrogen (secondary N) is 1. The second kappa shape index (κ2) is 9.71. The first kappa shape index (κ1) is 24.2. The molecule has 1 N–H and O–H groups in total. The van der Waals surface area contributed by atoms with Gasteiger partial charge in [0, 0.05) is 6.07 Å². The Balaban J connectivity index is 1.70. The summed E-state index contributed by atoms with van der Waals surface area (Å²) >= 11 is 1.10. The summed E-state index contributed by atoms with van der Waals surface area (Å²) in [5.74, 6) is -0.518. The number of aryl methyl sites for hydroxylation is 3. The maximum atomic E-state index is 13.5. The molecule has 0 spiro atoms. The van der Waals surface area contributed by atoms with Crippen molar-refractivity contribution in [1.29, 1.82) is 0 Å². The molecule has 1 amide bonds. The third-order valence-corrected chi connectivity index (χ3v) is 6.92. The van der Waals surface area contributed by atoms with E-state index in [1.165, 1.54) is 10.6 Å². The fourth-order valence-electron chi connectivity index (χ4n) is 3.77. The highest BCUT2D eigenvalue weighted by Gasteiger charge is 2.20. The molecule has 1 aromatic heterocycles. The molecule has 0 atom stereocenters. The van der Waals surface area contributed by atoms with Crippen LogP contribution in [0.5, 0.6) is 0 Å². The molecule has 0 radical (unpaired) electrons. The number of amides is 1. The summed E-state index contributed by atoms with van der Waals surface area (Å²) in [6, 6.07) is 15.8. The number of thioether (sulfide) groups is 1. The summed E-state index contributed by atoms with van der Waals surface area (Å²) in [7, 11) is 0. The van der Waals surface area contributed by atoms with Gasteiger partial charge in [0.25, 0.3) is 11.2 Å². The van der Waals surface area contributed by atoms with Crippen LogP contribution in [0.25, 0.3) is 16.6 Å². The smallest absolute Gasteiger partial charge is 0.293 e. The highest BCUT2D eigenvalue weighted by Crippen LogP contribution is 2.29. The van der Waals surface area contributed by atoms with Gasteiger partial charge in [-0.1, -0.05) is 36.0 Å². The van der Waals surface area contributed by atoms with Crippen molar-refractivity contribution in [2.45, 2.75) is 32.9 Å². The fraction of sp³-hybridized carbons (Fsp3) is 0.192. The Morgan fingerprint density at radius 1 is 1.03 bits per heavy atom. The molecule has 178 valence electrons. The predicted molar refractivity (Wildman–Crippen MR) is 139 cm³/mol. The standard InChI is InChI=1S/C26H24N4O4S/c1-15-8-7-11-22(18(15)4)29-25(32)19-9-5-6-10-20(19)28-26(29)35-14-24(31)27-21-12-16(2)17(3)13-23(21)30(33)34/h5-13H,14H2,1-4H3,(H,27,31). The Morgan fingerprint density at radius 2 is 1.74 bits per heavy atom. The van der Waals surface area contributed by atoms with E-state index in [4.69, 9.17) is 0 Å². The second-order valence-electron chi connectivity index (χ2n) is 8.32. The molecule has 0 unspecified atom stereocenters. The average Bonchev–Trinajstić information content (AvgIpc) is 2.82. The van der Waals surface area contributed by atoms with Crippen molar-refractivity contribution in [1.82, 2.24) is 9.55 Å². The van der Waals surface area contributed by atoms with Crippen molar-refractivity contribution in [3.05, 3.63) is 97.3 Å². The molecule has 0 fully saturated rings. The van der Waals surface area contributed by atoms with Crippen LogP contribution >= 0.6 is 11.8 Å². The summed E-state index contributed by atoms with van der Waals surface area (Å²) in [5, 5.41) is 15.0. The van der Waals surface area contributed by atoms with Crippen LogP contribution in [-0.2, 0) is 4.79 Å². The lowest BCUT2D eigenvalue weighted by molar-refractivity contribution is -0.384. The van der Waals surface area contributed by atoms with Crippen LogP contribution in [0.1, 0.15) is 22.3 Å². The maximum absolute atomic E-state index is 13.5. The molecule has 0 saturated heterocycles. The Kier molecular flexibility index (Phi) is 6.70. The number of aromatic nitrogens is 2. The average molecular weight is 489 g/mol. The van der Waals surface area contributed by atoms with Gasteiger partial charge in [-0.25, -0.2) is 4.98 Å². The SMILES string of the molecule is Cc1cc(NC(=O)CSc2nc3ccccc3c(=O)n2-c2cccc(C)c2C)c([N+](=O)[O-])cc1C. The first-order chi connectivity index (χ1) is 16.7. The van der Waals surface area contributed by atoms with Gasteiger partial charge in [-0.15, -0.1) is 0 Å². The van der Waals surface area contributed by atoms with E-state index in [2.05, 4.69) is 10.3 Å². The van der Waals surface area contributed by atoms with Gasteiger partial charge in [-0.05, 0) is 74.2 Å². The van der Waals surface area contributed by atoms with Crippen LogP contribution in [0.2, 0.25) is 0 Å². The molecule has 8 nitrogen and oxygen atoms in total. The van der Waals surface area contributed by atoms with Crippen LogP contribution in [0.15, 0.2) is 64.5 Å². The van der Waals surface area contributed by atoms with Crippen LogP contribution in [0, 0.1) is 37.8 Å². The molecule has 1 heterocycles. The van der Waals surface area contributed by atoms with Crippen LogP contribution in [0.4, 0.5) is 11.4 Å². The third-order valence-electron chi connectivity index (χ3n) is 5.98. The Bertz CT molecular complexity index is 1540. The van der Waals surface area contributed by atoms with Crippen molar-refractivity contribution in [3.63, 3.8) is 0 Å². The summed E-state index contributed by atoms with van der Waals surface area (Å²) in [4.78, 5) is 41.9. The summed E-state index contributed by atoms with van der Waals surface area (Å²) in [6.07, 6.45) is 0. The summed E-state index contributed by atoms with van der Waals surface area (Å²) in [5.41, 5.74) is 4.54. The summed E-state index contributed by atoms with van der Waals surface area (Å²) in [6.45, 7) is 7.51. The molecule has 0 bridgehead atoms. The lowest BCUT2D eigenvalue weighted by Crippen LogP contribution is -2.23. The molecule has 9 heteroatoms. The highest BCUT2D eigenvalue weighted by molar-refractivity contribution is 7.99. The Morgan fingerprint density at radius 3 is 2.49 bits per heavy atom. The van der Waals surface area contributed by atoms with Crippen molar-refractivity contribution in [2.75, 3.05) is 11.1 Å². The monoisotopic (exact) mass is 488 g/mol. The van der Waals surface area contributed by atoms with E-state index < -0.39 is 10.8 Å². The zero-order valence-corrected chi connectivity index (χ0v) is 20.6. The summed E-state index contributed by atoms with van der Waals surface area (Å²) < 4.78 is 1.53. The molecular weight excluding hydrogens is 464 g/mol. The van der Waals surface area contributed by atoms with Crippen molar-refractivity contribution in [2.24, 2.45) is 0 Å². The molecule has 35 heavy (non-hydrogen) atoms. The lowest BCUT2D eigenvalue weighted by atomic mass is 10.1. The van der Waals surface area contributed by atoms with E-state index in [0.717, 1.165) is 34.0 Å². The first-order valence-electron chi connectivity index (χ1n) is 10.9. The molecule has 3 aromatic carbocycles. The number of carbonyl (C=O) groups excluding carboxylic acids is 1. The van der Waals surface area contributed by atoms with Gasteiger partial charge in [-0.2, -0.15) is 0 Å². The molecule has 0 aliphatic rings. The van der Waals surface area contributed by atoms with E-state index in [9.17, 15) is 19.7 Å². The minimum absolute atomic E-state index is 0.0836. The number of rotatable bonds is 6. The molecular formula is C26H24N4O4S. The highest BCUT2D eigenvalue weighted by atomic mass is 32.2. The van der Waals surface area contributed by atoms with Gasteiger partial charge in [0.2, 0.25) is 5.91 Å². The minimum atomic E-state index is -0.516. The fourth-order valence-corrected chi connectivity index (χ4v) is 4.57. The predicted octanol–water partition coefficient (Wildman–Crippen LogP) is 5.26. The van der Waals surface area contributed by atoms with Gasteiger partial charge in [-0.3, -0.25) is 24.3 Å². The molecule has 0 aliphatic heterocycles. The molecule has 0 saturated carbocycles. The molecule has 4 aromatic rings. The number of nitrogens with zero attached hydrogens (tertiary/aromatic N) is 3. The van der Waals surface area contributed by atoms with Crippen molar-refractivity contribution in [3.8, 4) is 5.69 Å². The quantitative estimate of drug-likeness (QED) is 0.172. The number of hydrogen-bond donors (Lipinski definition) is 1. The first-order valence-corrected chi connectivity index (χ1v) is 11.9. The Hall–Kier alpha value is -3.98. The van der Waals surface area contributed by atoms with E-state index in [1.54, 1.807) is 37.3 Å². The van der Waals surface area contributed by atoms with Crippen LogP contribution < -0.4 is 10.9 Å². The van der Waals surface area contributed by atoms with Crippen LogP contribution in [-0.4, -0.2) is 26.1 Å². The largest absolute Gasteiger partial charge is 0.320 e. The normalized spacial score (nSPS) is 11.0. The van der Waals surface area contributed by atoms with E-state index in [-0.39, 0.29) is 22.7 Å². The molecule has 0 aliphatic carbocycles. The van der Waals surface area contributed by atoms with Crippen molar-refractivity contribution < 1.29 is 9.72 Å². The third kappa shape index (κ3) is 4.81. The van der Waals surface area contributed by atoms with Crippen LogP contribution in [0.3, 0.4) is 0 Å². The minimum Gasteiger partial charge on any atom is -0.320 e. The molecule has 4 rings (SSSR count). The number of anilines is 1. The number of benzene rings is 3. The zero-order chi connectivity index (χ0) is 25.3. The number of para-hydroxylation sites is 1. The van der Waals surface area contributed by atoms with Gasteiger partial charge in [0.15, 0.2) is 5.16 Å². The van der Waals surface area contributed by atoms with Gasteiger partial charge < -0.3 is 5.32 Å². The topological polar surface area (TPSA) is 107 Å². The van der Waals surface area contributed by atoms with Crippen molar-refractivity contribution >= 4 is 39.9 Å². The zero-order valence-electron chi connectivity index (χ0n) is 19.8. The van der Waals surface area contributed by atoms with E-state index in [1.807, 2.05) is 39.0 Å². The number of carbonyl (C=O) groups is 1. The van der Waals surface area contributed by atoms with Gasteiger partial charge in [0.1, 0.15) is 5.69 Å². The number of nitro benzene ring substituents is 1. The number of nitro groups is 1. The second-order valence-corrected chi connectivity index (χ2v) is 9.26. The number of hydrogen-bond acceptors (Lipinski definition) is 6. The van der Waals surface area contributed by atoms with Gasteiger partial charge >= 0.3 is 0 Å².